The minimum atomic E-state index is -4.49. The number of nitrogens with zero attached hydrogens (tertiary/aromatic N) is 4. The highest BCUT2D eigenvalue weighted by Crippen LogP contribution is 2.47. The van der Waals surface area contributed by atoms with E-state index in [0.29, 0.717) is 12.8 Å². The van der Waals surface area contributed by atoms with Crippen molar-refractivity contribution in [3.05, 3.63) is 48.3 Å². The maximum absolute atomic E-state index is 14.8. The molecule has 1 unspecified atom stereocenters. The Labute approximate surface area is 350 Å². The van der Waals surface area contributed by atoms with Crippen molar-refractivity contribution < 1.29 is 41.8 Å². The minimum absolute atomic E-state index is 0.0833. The van der Waals surface area contributed by atoms with Gasteiger partial charge in [-0.3, -0.25) is 13.8 Å². The summed E-state index contributed by atoms with van der Waals surface area (Å²) in [4.78, 5) is 38.5. The van der Waals surface area contributed by atoms with E-state index in [1.54, 1.807) is 11.5 Å². The Balaban J connectivity index is 1.73. The molecule has 0 spiro atoms. The number of nitrogens with one attached hydrogen (secondary N) is 1. The van der Waals surface area contributed by atoms with Gasteiger partial charge in [-0.25, -0.2) is 19.4 Å². The molecule has 0 fully saturated rings. The van der Waals surface area contributed by atoms with Crippen LogP contribution in [0.15, 0.2) is 36.7 Å². The first-order valence-corrected chi connectivity index (χ1v) is 23.2. The SMILES string of the molecule is CCCCCCCCCCOC(=O)[C@H](Cc1ccccc1)NP(=O)(OC[C@](C)(CCn1cnc2c(N)nc(F)nc21)OC)O[C@@H](C)C(=O)OCCCCCCCCCC. The number of esters is 2. The summed E-state index contributed by atoms with van der Waals surface area (Å²) in [5.74, 6) is -1.41. The molecule has 14 nitrogen and oxygen atoms in total. The van der Waals surface area contributed by atoms with E-state index in [4.69, 9.17) is 29.0 Å². The monoisotopic (exact) mass is 848 g/mol. The fourth-order valence-corrected chi connectivity index (χ4v) is 8.24. The number of benzene rings is 1. The molecule has 0 aliphatic carbocycles. The lowest BCUT2D eigenvalue weighted by atomic mass is 10.0. The molecular formula is C43H70FN6O8P. The van der Waals surface area contributed by atoms with Gasteiger partial charge in [0.05, 0.1) is 31.7 Å². The van der Waals surface area contributed by atoms with Crippen molar-refractivity contribution >= 4 is 36.7 Å². The van der Waals surface area contributed by atoms with Crippen molar-refractivity contribution in [3.63, 3.8) is 0 Å². The number of anilines is 1. The number of hydrogen-bond acceptors (Lipinski definition) is 12. The Hall–Kier alpha value is -3.49. The van der Waals surface area contributed by atoms with Gasteiger partial charge in [0, 0.05) is 13.7 Å². The summed E-state index contributed by atoms with van der Waals surface area (Å²) >= 11 is 0. The molecule has 0 saturated carbocycles. The van der Waals surface area contributed by atoms with Crippen LogP contribution < -0.4 is 10.8 Å². The van der Waals surface area contributed by atoms with Gasteiger partial charge in [0.1, 0.15) is 11.6 Å². The normalized spacial score (nSPS) is 14.7. The summed E-state index contributed by atoms with van der Waals surface area (Å²) in [6.45, 7) is 7.91. The van der Waals surface area contributed by atoms with Crippen LogP contribution in [-0.4, -0.2) is 76.1 Å². The second kappa shape index (κ2) is 27.4. The molecule has 0 saturated heterocycles. The van der Waals surface area contributed by atoms with Crippen LogP contribution in [0.4, 0.5) is 10.2 Å². The van der Waals surface area contributed by atoms with Crippen LogP contribution in [-0.2, 0) is 50.4 Å². The molecule has 0 aliphatic heterocycles. The molecule has 2 heterocycles. The van der Waals surface area contributed by atoms with Gasteiger partial charge in [0.25, 0.3) is 0 Å². The number of aryl methyl sites for hydroxylation is 1. The number of unbranched alkanes of at least 4 members (excludes halogenated alkanes) is 14. The number of ether oxygens (including phenoxy) is 3. The van der Waals surface area contributed by atoms with Crippen molar-refractivity contribution in [2.24, 2.45) is 0 Å². The highest BCUT2D eigenvalue weighted by atomic mass is 31.2. The summed E-state index contributed by atoms with van der Waals surface area (Å²) in [6, 6.07) is 8.11. The third-order valence-corrected chi connectivity index (χ3v) is 12.1. The third-order valence-electron chi connectivity index (χ3n) is 10.4. The average molecular weight is 849 g/mol. The molecule has 0 amide bonds. The number of halogens is 1. The number of fused-ring (bicyclic) bond motifs is 1. The Morgan fingerprint density at radius 2 is 1.42 bits per heavy atom. The molecule has 3 aromatic rings. The number of nitrogens with two attached hydrogens (primary N) is 1. The lowest BCUT2D eigenvalue weighted by Gasteiger charge is -2.32. The number of hydrogen-bond donors (Lipinski definition) is 2. The van der Waals surface area contributed by atoms with Gasteiger partial charge in [0.15, 0.2) is 17.6 Å². The van der Waals surface area contributed by atoms with Crippen molar-refractivity contribution in [1.82, 2.24) is 24.6 Å². The number of imidazole rings is 1. The van der Waals surface area contributed by atoms with E-state index in [1.165, 1.54) is 71.7 Å². The smallest absolute Gasteiger partial charge is 0.407 e. The first-order valence-electron chi connectivity index (χ1n) is 21.7. The molecule has 1 aromatic carbocycles. The van der Waals surface area contributed by atoms with Crippen LogP contribution in [0.25, 0.3) is 11.2 Å². The third kappa shape index (κ3) is 18.8. The highest BCUT2D eigenvalue weighted by molar-refractivity contribution is 7.51. The standard InChI is InChI=1S/C43H70FN6O8P/c1-6-8-10-12-14-16-18-23-29-55-40(51)34(3)58-59(53,57-32-43(4,54-5)27-28-50-33-46-37-38(45)47-42(44)48-39(37)50)49-36(31-35-25-21-20-22-26-35)41(52)56-30-24-19-17-15-13-11-9-7-2/h20-22,25-26,33-34,36H,6-19,23-24,27-32H2,1-5H3,(H,49,53)(H2,45,47,48)/t34-,36-,43-,59?/m0/s1. The highest BCUT2D eigenvalue weighted by Gasteiger charge is 2.39. The van der Waals surface area contributed by atoms with Crippen molar-refractivity contribution in [2.45, 2.75) is 168 Å². The first-order chi connectivity index (χ1) is 28.4. The van der Waals surface area contributed by atoms with E-state index in [2.05, 4.69) is 33.9 Å². The summed E-state index contributed by atoms with van der Waals surface area (Å²) in [5, 5.41) is 2.84. The molecule has 0 bridgehead atoms. The van der Waals surface area contributed by atoms with Crippen molar-refractivity contribution in [3.8, 4) is 0 Å². The van der Waals surface area contributed by atoms with Crippen LogP contribution in [0.5, 0.6) is 0 Å². The number of aromatic nitrogens is 4. The van der Waals surface area contributed by atoms with Gasteiger partial charge in [-0.1, -0.05) is 134 Å². The molecule has 332 valence electrons. The molecular weight excluding hydrogens is 778 g/mol. The van der Waals surface area contributed by atoms with Crippen molar-refractivity contribution in [2.75, 3.05) is 32.7 Å². The molecule has 59 heavy (non-hydrogen) atoms. The molecule has 4 atom stereocenters. The van der Waals surface area contributed by atoms with Crippen LogP contribution in [0.2, 0.25) is 0 Å². The lowest BCUT2D eigenvalue weighted by molar-refractivity contribution is -0.151. The maximum Gasteiger partial charge on any atom is 0.407 e. The molecule has 16 heteroatoms. The lowest BCUT2D eigenvalue weighted by Crippen LogP contribution is -2.41. The quantitative estimate of drug-likeness (QED) is 0.0256. The van der Waals surface area contributed by atoms with Gasteiger partial charge in [-0.15, -0.1) is 0 Å². The largest absolute Gasteiger partial charge is 0.465 e. The Bertz CT molecular complexity index is 1700. The van der Waals surface area contributed by atoms with Crippen LogP contribution in [0, 0.1) is 6.08 Å². The van der Waals surface area contributed by atoms with E-state index in [9.17, 15) is 18.5 Å². The number of carbonyl (C=O) groups excluding carboxylic acids is 2. The average Bonchev–Trinajstić information content (AvgIpc) is 3.64. The summed E-state index contributed by atoms with van der Waals surface area (Å²) in [5.41, 5.74) is 6.00. The van der Waals surface area contributed by atoms with E-state index >= 15 is 0 Å². The second-order valence-corrected chi connectivity index (χ2v) is 17.3. The Morgan fingerprint density at radius 3 is 2.00 bits per heavy atom. The molecule has 3 rings (SSSR count). The van der Waals surface area contributed by atoms with E-state index in [-0.39, 0.29) is 56.2 Å². The van der Waals surface area contributed by atoms with E-state index < -0.39 is 43.5 Å². The number of rotatable bonds is 33. The first kappa shape index (κ1) is 49.9. The summed E-state index contributed by atoms with van der Waals surface area (Å²) in [7, 11) is -3.01. The molecule has 3 N–H and O–H groups in total. The predicted octanol–water partition coefficient (Wildman–Crippen LogP) is 9.44. The van der Waals surface area contributed by atoms with Gasteiger partial charge >= 0.3 is 25.8 Å². The number of nitrogen functional groups attached to an aromatic ring is 1. The number of carbonyl (C=O) groups is 2. The molecule has 2 aromatic heterocycles. The zero-order chi connectivity index (χ0) is 42.9. The van der Waals surface area contributed by atoms with Gasteiger partial charge in [-0.2, -0.15) is 14.4 Å². The zero-order valence-electron chi connectivity index (χ0n) is 36.1. The van der Waals surface area contributed by atoms with E-state index in [0.717, 1.165) is 44.1 Å². The maximum atomic E-state index is 14.8. The molecule has 0 aliphatic rings. The fraction of sp³-hybridized carbons (Fsp3) is 0.698. The Morgan fingerprint density at radius 1 is 0.864 bits per heavy atom. The van der Waals surface area contributed by atoms with Gasteiger partial charge in [-0.05, 0) is 45.1 Å². The van der Waals surface area contributed by atoms with Crippen LogP contribution in [0.1, 0.15) is 142 Å². The Kier molecular flexibility index (Phi) is 23.1. The van der Waals surface area contributed by atoms with E-state index in [1.807, 2.05) is 30.3 Å². The number of methoxy groups -OCH3 is 1. The molecule has 0 radical (unpaired) electrons. The fourth-order valence-electron chi connectivity index (χ4n) is 6.52. The zero-order valence-corrected chi connectivity index (χ0v) is 37.0. The summed E-state index contributed by atoms with van der Waals surface area (Å²) in [6.07, 6.45) is 17.0. The summed E-state index contributed by atoms with van der Waals surface area (Å²) < 4.78 is 59.5. The predicted molar refractivity (Wildman–Crippen MR) is 228 cm³/mol. The van der Waals surface area contributed by atoms with Crippen LogP contribution in [0.3, 0.4) is 0 Å². The van der Waals surface area contributed by atoms with Crippen molar-refractivity contribution in [1.29, 1.82) is 0 Å². The topological polar surface area (TPSA) is 179 Å². The second-order valence-electron chi connectivity index (χ2n) is 15.6. The van der Waals surface area contributed by atoms with Gasteiger partial charge < -0.3 is 24.5 Å². The van der Waals surface area contributed by atoms with Crippen LogP contribution >= 0.6 is 7.75 Å². The minimum Gasteiger partial charge on any atom is -0.465 e. The van der Waals surface area contributed by atoms with Gasteiger partial charge in [0.2, 0.25) is 0 Å².